The molecule has 22 heavy (non-hydrogen) atoms. The number of nitrogens with one attached hydrogen (secondary N) is 2. The van der Waals surface area contributed by atoms with Gasteiger partial charge in [0.05, 0.1) is 12.8 Å². The van der Waals surface area contributed by atoms with Crippen molar-refractivity contribution in [1.29, 1.82) is 0 Å². The Morgan fingerprint density at radius 2 is 1.91 bits per heavy atom. The van der Waals surface area contributed by atoms with Crippen LogP contribution in [0.3, 0.4) is 0 Å². The monoisotopic (exact) mass is 360 g/mol. The number of hydrogen-bond donors (Lipinski definition) is 2. The Hall–Kier alpha value is -1.20. The molecule has 2 rings (SSSR count). The van der Waals surface area contributed by atoms with Gasteiger partial charge in [0.15, 0.2) is 0 Å². The lowest BCUT2D eigenvalue weighted by Gasteiger charge is -2.26. The Labute approximate surface area is 143 Å². The minimum Gasteiger partial charge on any atom is -0.468 e. The molecule has 7 heteroatoms. The first-order chi connectivity index (χ1) is 10.4. The summed E-state index contributed by atoms with van der Waals surface area (Å²) in [6.07, 6.45) is 0.683. The van der Waals surface area contributed by atoms with Gasteiger partial charge in [-0.25, -0.2) is 0 Å². The number of alkyl halides is 3. The quantitative estimate of drug-likeness (QED) is 0.629. The van der Waals surface area contributed by atoms with Gasteiger partial charge < -0.3 is 9.73 Å². The smallest absolute Gasteiger partial charge is 0.252 e. The summed E-state index contributed by atoms with van der Waals surface area (Å²) in [7, 11) is 0. The van der Waals surface area contributed by atoms with Crippen LogP contribution >= 0.6 is 34.8 Å². The van der Waals surface area contributed by atoms with E-state index >= 15 is 0 Å². The lowest BCUT2D eigenvalue weighted by atomic mass is 10.1. The van der Waals surface area contributed by atoms with E-state index in [2.05, 4.69) is 10.6 Å². The Balaban J connectivity index is 2.03. The van der Waals surface area contributed by atoms with Crippen LogP contribution < -0.4 is 10.6 Å². The SMILES string of the molecule is Cc1ccc(C(=O)N[C@H](NCc2ccco2)C(Cl)(Cl)Cl)cc1. The molecule has 0 unspecified atom stereocenters. The Morgan fingerprint density at radius 1 is 1.23 bits per heavy atom. The number of hydrogen-bond acceptors (Lipinski definition) is 3. The van der Waals surface area contributed by atoms with Gasteiger partial charge in [0.25, 0.3) is 5.91 Å². The molecule has 0 aliphatic heterocycles. The van der Waals surface area contributed by atoms with Gasteiger partial charge in [-0.15, -0.1) is 0 Å². The van der Waals surface area contributed by atoms with E-state index in [0.717, 1.165) is 5.56 Å². The van der Waals surface area contributed by atoms with E-state index in [9.17, 15) is 4.79 Å². The molecule has 1 aromatic carbocycles. The van der Waals surface area contributed by atoms with Gasteiger partial charge in [0.2, 0.25) is 3.79 Å². The molecule has 0 aliphatic rings. The van der Waals surface area contributed by atoms with Crippen LogP contribution in [0.2, 0.25) is 0 Å². The van der Waals surface area contributed by atoms with Gasteiger partial charge in [-0.05, 0) is 31.2 Å². The molecule has 1 aromatic heterocycles. The number of carbonyl (C=O) groups is 1. The van der Waals surface area contributed by atoms with Gasteiger partial charge in [-0.3, -0.25) is 10.1 Å². The Kier molecular flexibility index (Phi) is 5.75. The van der Waals surface area contributed by atoms with Crippen LogP contribution in [-0.2, 0) is 6.54 Å². The number of aryl methyl sites for hydroxylation is 1. The van der Waals surface area contributed by atoms with E-state index in [1.54, 1.807) is 30.5 Å². The normalized spacial score (nSPS) is 12.9. The third-order valence-electron chi connectivity index (χ3n) is 2.98. The van der Waals surface area contributed by atoms with Crippen molar-refractivity contribution in [3.8, 4) is 0 Å². The molecule has 0 fully saturated rings. The maximum Gasteiger partial charge on any atom is 0.252 e. The summed E-state index contributed by atoms with van der Waals surface area (Å²) in [6.45, 7) is 2.26. The van der Waals surface area contributed by atoms with E-state index in [-0.39, 0.29) is 5.91 Å². The average molecular weight is 362 g/mol. The van der Waals surface area contributed by atoms with Crippen molar-refractivity contribution in [3.05, 3.63) is 59.5 Å². The van der Waals surface area contributed by atoms with Gasteiger partial charge >= 0.3 is 0 Å². The fourth-order valence-electron chi connectivity index (χ4n) is 1.78. The molecule has 0 aliphatic carbocycles. The van der Waals surface area contributed by atoms with Crippen molar-refractivity contribution in [3.63, 3.8) is 0 Å². The first kappa shape index (κ1) is 17.2. The number of halogens is 3. The van der Waals surface area contributed by atoms with Crippen LogP contribution in [0.15, 0.2) is 47.1 Å². The van der Waals surface area contributed by atoms with Crippen molar-refractivity contribution in [2.75, 3.05) is 0 Å². The van der Waals surface area contributed by atoms with E-state index < -0.39 is 9.96 Å². The van der Waals surface area contributed by atoms with Crippen molar-refractivity contribution >= 4 is 40.7 Å². The highest BCUT2D eigenvalue weighted by atomic mass is 35.6. The van der Waals surface area contributed by atoms with Crippen LogP contribution in [0.1, 0.15) is 21.7 Å². The maximum atomic E-state index is 12.2. The molecule has 118 valence electrons. The predicted octanol–water partition coefficient (Wildman–Crippen LogP) is 3.80. The lowest BCUT2D eigenvalue weighted by molar-refractivity contribution is 0.0928. The summed E-state index contributed by atoms with van der Waals surface area (Å²) in [5, 5.41) is 5.62. The molecule has 0 radical (unpaired) electrons. The highest BCUT2D eigenvalue weighted by Gasteiger charge is 2.34. The second-order valence-corrected chi connectivity index (χ2v) is 7.14. The van der Waals surface area contributed by atoms with Gasteiger partial charge in [-0.2, -0.15) is 0 Å². The highest BCUT2D eigenvalue weighted by molar-refractivity contribution is 6.68. The molecule has 0 spiro atoms. The molecular weight excluding hydrogens is 347 g/mol. The predicted molar refractivity (Wildman–Crippen MR) is 88.3 cm³/mol. The zero-order valence-corrected chi connectivity index (χ0v) is 14.0. The van der Waals surface area contributed by atoms with E-state index in [0.29, 0.717) is 17.9 Å². The maximum absolute atomic E-state index is 12.2. The second-order valence-electron chi connectivity index (χ2n) is 4.77. The first-order valence-electron chi connectivity index (χ1n) is 6.56. The molecule has 0 saturated heterocycles. The molecular formula is C15H15Cl3N2O2. The Morgan fingerprint density at radius 3 is 2.45 bits per heavy atom. The number of rotatable bonds is 5. The number of carbonyl (C=O) groups excluding carboxylic acids is 1. The highest BCUT2D eigenvalue weighted by Crippen LogP contribution is 2.29. The summed E-state index contributed by atoms with van der Waals surface area (Å²) in [5.41, 5.74) is 1.55. The molecule has 0 saturated carbocycles. The minimum absolute atomic E-state index is 0.319. The van der Waals surface area contributed by atoms with Crippen LogP contribution in [0, 0.1) is 6.92 Å². The second kappa shape index (κ2) is 7.38. The molecule has 1 heterocycles. The average Bonchev–Trinajstić information content (AvgIpc) is 2.96. The van der Waals surface area contributed by atoms with E-state index in [1.807, 2.05) is 19.1 Å². The summed E-state index contributed by atoms with van der Waals surface area (Å²) in [4.78, 5) is 12.2. The summed E-state index contributed by atoms with van der Waals surface area (Å²) < 4.78 is 3.49. The molecule has 1 atom stereocenters. The fourth-order valence-corrected chi connectivity index (χ4v) is 2.18. The largest absolute Gasteiger partial charge is 0.468 e. The number of furan rings is 1. The van der Waals surface area contributed by atoms with Crippen molar-refractivity contribution in [1.82, 2.24) is 10.6 Å². The van der Waals surface area contributed by atoms with E-state index in [1.165, 1.54) is 0 Å². The van der Waals surface area contributed by atoms with Crippen LogP contribution in [0.25, 0.3) is 0 Å². The molecule has 4 nitrogen and oxygen atoms in total. The molecule has 1 amide bonds. The van der Waals surface area contributed by atoms with Crippen LogP contribution in [0.4, 0.5) is 0 Å². The van der Waals surface area contributed by atoms with Crippen molar-refractivity contribution in [2.45, 2.75) is 23.4 Å². The lowest BCUT2D eigenvalue weighted by Crippen LogP contribution is -2.53. The molecule has 0 bridgehead atoms. The van der Waals surface area contributed by atoms with Gasteiger partial charge in [0, 0.05) is 5.56 Å². The Bertz CT molecular complexity index is 607. The first-order valence-corrected chi connectivity index (χ1v) is 7.69. The van der Waals surface area contributed by atoms with Gasteiger partial charge in [0.1, 0.15) is 11.9 Å². The summed E-state index contributed by atoms with van der Waals surface area (Å²) in [5.74, 6) is 0.340. The van der Waals surface area contributed by atoms with Crippen molar-refractivity contribution in [2.24, 2.45) is 0 Å². The van der Waals surface area contributed by atoms with Crippen LogP contribution in [-0.4, -0.2) is 15.9 Å². The summed E-state index contributed by atoms with van der Waals surface area (Å²) in [6, 6.07) is 10.7. The van der Waals surface area contributed by atoms with E-state index in [4.69, 9.17) is 39.2 Å². The third kappa shape index (κ3) is 4.92. The molecule has 2 aromatic rings. The van der Waals surface area contributed by atoms with Crippen LogP contribution in [0.5, 0.6) is 0 Å². The number of benzene rings is 1. The van der Waals surface area contributed by atoms with Gasteiger partial charge in [-0.1, -0.05) is 52.5 Å². The zero-order chi connectivity index (χ0) is 16.2. The van der Waals surface area contributed by atoms with Crippen molar-refractivity contribution < 1.29 is 9.21 Å². The standard InChI is InChI=1S/C15H15Cl3N2O2/c1-10-4-6-11(7-5-10)13(21)20-14(15(16,17)18)19-9-12-3-2-8-22-12/h2-8,14,19H,9H2,1H3,(H,20,21)/t14-/m0/s1. The zero-order valence-electron chi connectivity index (χ0n) is 11.8. The summed E-state index contributed by atoms with van der Waals surface area (Å²) >= 11 is 17.8. The number of amides is 1. The molecule has 2 N–H and O–H groups in total. The topological polar surface area (TPSA) is 54.3 Å². The fraction of sp³-hybridized carbons (Fsp3) is 0.267. The third-order valence-corrected chi connectivity index (χ3v) is 3.63. The minimum atomic E-state index is -1.70.